The van der Waals surface area contributed by atoms with Crippen LogP contribution >= 0.6 is 0 Å². The minimum absolute atomic E-state index is 0.122. The number of ether oxygens (including phenoxy) is 1. The molecule has 0 spiro atoms. The zero-order chi connectivity index (χ0) is 15.4. The predicted molar refractivity (Wildman–Crippen MR) is 68.6 cm³/mol. The van der Waals surface area contributed by atoms with Gasteiger partial charge in [0.25, 0.3) is 0 Å². The van der Waals surface area contributed by atoms with E-state index in [1.54, 1.807) is 0 Å². The number of rotatable bonds is 5. The molecule has 2 N–H and O–H groups in total. The Kier molecular flexibility index (Phi) is 4.85. The monoisotopic (exact) mass is 299 g/mol. The first-order chi connectivity index (χ1) is 9.99. The number of hydrogen-bond acceptors (Lipinski definition) is 3. The fourth-order valence-corrected chi connectivity index (χ4v) is 2.19. The van der Waals surface area contributed by atoms with Gasteiger partial charge in [0.15, 0.2) is 17.7 Å². The zero-order valence-corrected chi connectivity index (χ0v) is 11.1. The summed E-state index contributed by atoms with van der Waals surface area (Å²) in [5, 5.41) is 11.3. The van der Waals surface area contributed by atoms with Gasteiger partial charge >= 0.3 is 5.97 Å². The topological polar surface area (TPSA) is 75.6 Å². The van der Waals surface area contributed by atoms with Crippen molar-refractivity contribution in [3.8, 4) is 0 Å². The summed E-state index contributed by atoms with van der Waals surface area (Å²) in [5.74, 6) is -3.38. The number of aliphatic carboxylic acids is 1. The van der Waals surface area contributed by atoms with Gasteiger partial charge in [0.05, 0.1) is 0 Å². The molecule has 1 aromatic rings. The van der Waals surface area contributed by atoms with E-state index < -0.39 is 35.7 Å². The Bertz CT molecular complexity index is 550. The number of benzene rings is 1. The van der Waals surface area contributed by atoms with Gasteiger partial charge in [0.1, 0.15) is 6.10 Å². The van der Waals surface area contributed by atoms with Gasteiger partial charge in [-0.05, 0) is 30.9 Å². The van der Waals surface area contributed by atoms with E-state index in [4.69, 9.17) is 9.84 Å². The molecule has 114 valence electrons. The molecule has 1 aromatic carbocycles. The quantitative estimate of drug-likeness (QED) is 0.858. The van der Waals surface area contributed by atoms with Gasteiger partial charge in [-0.2, -0.15) is 0 Å². The second-order valence-corrected chi connectivity index (χ2v) is 4.78. The molecule has 1 aliphatic heterocycles. The summed E-state index contributed by atoms with van der Waals surface area (Å²) in [6.45, 7) is 0.122. The van der Waals surface area contributed by atoms with Crippen molar-refractivity contribution >= 4 is 11.9 Å². The Morgan fingerprint density at radius 3 is 2.67 bits per heavy atom. The van der Waals surface area contributed by atoms with E-state index in [1.807, 2.05) is 0 Å². The molecule has 2 rings (SSSR count). The summed E-state index contributed by atoms with van der Waals surface area (Å²) >= 11 is 0. The third-order valence-corrected chi connectivity index (χ3v) is 3.31. The largest absolute Gasteiger partial charge is 0.479 e. The summed E-state index contributed by atoms with van der Waals surface area (Å²) in [4.78, 5) is 22.5. The van der Waals surface area contributed by atoms with E-state index in [-0.39, 0.29) is 24.9 Å². The molecule has 0 aliphatic carbocycles. The Labute approximate surface area is 119 Å². The third-order valence-electron chi connectivity index (χ3n) is 3.31. The first-order valence-corrected chi connectivity index (χ1v) is 6.58. The third kappa shape index (κ3) is 3.75. The summed E-state index contributed by atoms with van der Waals surface area (Å²) < 4.78 is 31.5. The number of amides is 1. The maximum absolute atomic E-state index is 13.4. The average molecular weight is 299 g/mol. The van der Waals surface area contributed by atoms with Gasteiger partial charge in [-0.1, -0.05) is 12.1 Å². The lowest BCUT2D eigenvalue weighted by atomic mass is 10.1. The molecular formula is C14H15F2NO4. The van der Waals surface area contributed by atoms with Gasteiger partial charge in [0, 0.05) is 6.54 Å². The first kappa shape index (κ1) is 15.4. The van der Waals surface area contributed by atoms with E-state index in [2.05, 4.69) is 5.32 Å². The van der Waals surface area contributed by atoms with Crippen LogP contribution in [0.25, 0.3) is 0 Å². The van der Waals surface area contributed by atoms with Gasteiger partial charge in [0.2, 0.25) is 5.91 Å². The van der Waals surface area contributed by atoms with Crippen molar-refractivity contribution in [3.63, 3.8) is 0 Å². The molecule has 2 atom stereocenters. The molecule has 5 nitrogen and oxygen atoms in total. The van der Waals surface area contributed by atoms with E-state index in [1.165, 1.54) is 12.1 Å². The van der Waals surface area contributed by atoms with Crippen molar-refractivity contribution in [1.29, 1.82) is 0 Å². The van der Waals surface area contributed by atoms with Crippen molar-refractivity contribution in [2.75, 3.05) is 6.54 Å². The Morgan fingerprint density at radius 2 is 2.00 bits per heavy atom. The molecule has 0 aromatic heterocycles. The molecule has 1 amide bonds. The Morgan fingerprint density at radius 1 is 1.29 bits per heavy atom. The molecule has 0 saturated carbocycles. The number of carboxylic acids is 1. The van der Waals surface area contributed by atoms with E-state index in [0.717, 1.165) is 6.07 Å². The first-order valence-electron chi connectivity index (χ1n) is 6.58. The average Bonchev–Trinajstić information content (AvgIpc) is 2.93. The van der Waals surface area contributed by atoms with Crippen LogP contribution in [0, 0.1) is 11.6 Å². The highest BCUT2D eigenvalue weighted by Crippen LogP contribution is 2.20. The summed E-state index contributed by atoms with van der Waals surface area (Å²) in [6.07, 6.45) is -1.00. The van der Waals surface area contributed by atoms with Crippen LogP contribution in [0.4, 0.5) is 8.78 Å². The fraction of sp³-hybridized carbons (Fsp3) is 0.429. The highest BCUT2D eigenvalue weighted by atomic mass is 19.2. The number of hydrogen-bond donors (Lipinski definition) is 2. The molecule has 7 heteroatoms. The van der Waals surface area contributed by atoms with Crippen LogP contribution in [-0.4, -0.2) is 35.7 Å². The summed E-state index contributed by atoms with van der Waals surface area (Å²) in [5.41, 5.74) is 0.172. The summed E-state index contributed by atoms with van der Waals surface area (Å²) in [7, 11) is 0. The molecule has 1 heterocycles. The number of nitrogens with one attached hydrogen (secondary N) is 1. The minimum atomic E-state index is -1.09. The lowest BCUT2D eigenvalue weighted by Gasteiger charge is -2.12. The highest BCUT2D eigenvalue weighted by Gasteiger charge is 2.34. The molecule has 1 aliphatic rings. The molecular weight excluding hydrogens is 284 g/mol. The molecule has 0 unspecified atom stereocenters. The molecule has 1 saturated heterocycles. The minimum Gasteiger partial charge on any atom is -0.479 e. The molecule has 1 fully saturated rings. The van der Waals surface area contributed by atoms with Crippen LogP contribution < -0.4 is 5.32 Å². The predicted octanol–water partition coefficient (Wildman–Crippen LogP) is 1.26. The van der Waals surface area contributed by atoms with E-state index in [0.29, 0.717) is 6.42 Å². The second kappa shape index (κ2) is 6.62. The van der Waals surface area contributed by atoms with Crippen LogP contribution in [0.5, 0.6) is 0 Å². The number of carboxylic acid groups (broad SMARTS) is 1. The van der Waals surface area contributed by atoms with Crippen LogP contribution in [0.3, 0.4) is 0 Å². The molecule has 0 radical (unpaired) electrons. The Balaban J connectivity index is 1.80. The van der Waals surface area contributed by atoms with Crippen LogP contribution in [0.2, 0.25) is 0 Å². The van der Waals surface area contributed by atoms with Crippen LogP contribution in [-0.2, 0) is 20.7 Å². The summed E-state index contributed by atoms with van der Waals surface area (Å²) in [6, 6.07) is 3.86. The maximum Gasteiger partial charge on any atom is 0.332 e. The van der Waals surface area contributed by atoms with E-state index >= 15 is 0 Å². The number of carbonyl (C=O) groups is 2. The van der Waals surface area contributed by atoms with Gasteiger partial charge in [-0.3, -0.25) is 4.79 Å². The van der Waals surface area contributed by atoms with Gasteiger partial charge in [-0.15, -0.1) is 0 Å². The molecule has 0 bridgehead atoms. The van der Waals surface area contributed by atoms with Gasteiger partial charge in [-0.25, -0.2) is 13.6 Å². The smallest absolute Gasteiger partial charge is 0.332 e. The Hall–Kier alpha value is -2.02. The van der Waals surface area contributed by atoms with Crippen LogP contribution in [0.15, 0.2) is 18.2 Å². The second-order valence-electron chi connectivity index (χ2n) is 4.78. The van der Waals surface area contributed by atoms with Crippen molar-refractivity contribution < 1.29 is 28.2 Å². The normalized spacial score (nSPS) is 21.2. The fourth-order valence-electron chi connectivity index (χ4n) is 2.19. The number of carbonyl (C=O) groups excluding carboxylic acids is 1. The lowest BCUT2D eigenvalue weighted by molar-refractivity contribution is -0.151. The van der Waals surface area contributed by atoms with Gasteiger partial charge < -0.3 is 15.2 Å². The van der Waals surface area contributed by atoms with Crippen molar-refractivity contribution in [1.82, 2.24) is 5.32 Å². The SMILES string of the molecule is O=C(NCCc1cccc(F)c1F)[C@@H]1CC[C@H](C(=O)O)O1. The van der Waals surface area contributed by atoms with Crippen molar-refractivity contribution in [2.45, 2.75) is 31.5 Å². The van der Waals surface area contributed by atoms with Crippen LogP contribution in [0.1, 0.15) is 18.4 Å². The molecule has 21 heavy (non-hydrogen) atoms. The van der Waals surface area contributed by atoms with Crippen molar-refractivity contribution in [3.05, 3.63) is 35.4 Å². The highest BCUT2D eigenvalue weighted by molar-refractivity contribution is 5.82. The number of halogens is 2. The maximum atomic E-state index is 13.4. The van der Waals surface area contributed by atoms with E-state index in [9.17, 15) is 18.4 Å². The zero-order valence-electron chi connectivity index (χ0n) is 11.1. The van der Waals surface area contributed by atoms with Crippen molar-refractivity contribution in [2.24, 2.45) is 0 Å². The standard InChI is InChI=1S/C14H15F2NO4/c15-9-3-1-2-8(12(9)16)6-7-17-13(18)10-4-5-11(21-10)14(19)20/h1-3,10-11H,4-7H2,(H,17,18)(H,19,20)/t10-,11+/m0/s1. The lowest BCUT2D eigenvalue weighted by Crippen LogP contribution is -2.36.